The van der Waals surface area contributed by atoms with Crippen molar-refractivity contribution < 1.29 is 29.2 Å². The van der Waals surface area contributed by atoms with Crippen molar-refractivity contribution in [2.45, 2.75) is 78.5 Å². The zero-order chi connectivity index (χ0) is 31.3. The van der Waals surface area contributed by atoms with Crippen molar-refractivity contribution in [3.8, 4) is 0 Å². The van der Waals surface area contributed by atoms with E-state index in [1.165, 1.54) is 11.1 Å². The van der Waals surface area contributed by atoms with Crippen LogP contribution >= 0.6 is 0 Å². The summed E-state index contributed by atoms with van der Waals surface area (Å²) in [6.45, 7) is 9.58. The minimum absolute atomic E-state index is 0.0901. The molecular formula is C38H46O6. The van der Waals surface area contributed by atoms with Crippen molar-refractivity contribution in [2.24, 2.45) is 0 Å². The van der Waals surface area contributed by atoms with E-state index in [2.05, 4.69) is 0 Å². The Hall–Kier alpha value is -3.36. The number of rotatable bonds is 17. The number of aryl methyl sites for hydroxylation is 4. The molecule has 0 amide bonds. The minimum Gasteiger partial charge on any atom is -0.388 e. The molecule has 0 aromatic heterocycles. The van der Waals surface area contributed by atoms with Crippen molar-refractivity contribution in [3.05, 3.63) is 142 Å². The Kier molecular flexibility index (Phi) is 13.1. The van der Waals surface area contributed by atoms with Crippen LogP contribution in [0.2, 0.25) is 0 Å². The Morgan fingerprint density at radius 1 is 0.409 bits per heavy atom. The molecule has 6 heteroatoms. The lowest BCUT2D eigenvalue weighted by molar-refractivity contribution is -0.170. The van der Waals surface area contributed by atoms with Gasteiger partial charge in [-0.15, -0.1) is 0 Å². The fourth-order valence-corrected chi connectivity index (χ4v) is 4.66. The van der Waals surface area contributed by atoms with Gasteiger partial charge in [0.15, 0.2) is 0 Å². The van der Waals surface area contributed by atoms with E-state index in [9.17, 15) is 10.2 Å². The first kappa shape index (κ1) is 33.5. The molecule has 0 radical (unpaired) electrons. The van der Waals surface area contributed by atoms with Crippen LogP contribution in [-0.4, -0.2) is 47.8 Å². The van der Waals surface area contributed by atoms with Crippen molar-refractivity contribution >= 4 is 0 Å². The van der Waals surface area contributed by atoms with Gasteiger partial charge >= 0.3 is 0 Å². The van der Waals surface area contributed by atoms with E-state index < -0.39 is 24.4 Å². The van der Waals surface area contributed by atoms with Crippen LogP contribution in [0.5, 0.6) is 0 Å². The monoisotopic (exact) mass is 598 g/mol. The van der Waals surface area contributed by atoms with Crippen LogP contribution in [0, 0.1) is 27.7 Å². The molecule has 4 rings (SSSR count). The van der Waals surface area contributed by atoms with E-state index in [1.807, 2.05) is 125 Å². The lowest BCUT2D eigenvalue weighted by Crippen LogP contribution is -2.49. The Balaban J connectivity index is 1.44. The second kappa shape index (κ2) is 17.2. The quantitative estimate of drug-likeness (QED) is 0.144. The third-order valence-corrected chi connectivity index (χ3v) is 7.62. The standard InChI is InChI=1S/C38H46O6/c1-27-5-13-31(14-6-27)21-41-25-35(43-23-33-17-9-29(3)10-18-33)37(39)38(40)36(44-24-34-19-11-30(4)12-20-34)26-42-22-32-15-7-28(2)8-16-32/h5-20,35-40H,21-26H2,1-4H3/t35-,36-,37-,38-/m1/s1. The summed E-state index contributed by atoms with van der Waals surface area (Å²) in [4.78, 5) is 0. The summed E-state index contributed by atoms with van der Waals surface area (Å²) in [7, 11) is 0. The van der Waals surface area contributed by atoms with Crippen molar-refractivity contribution in [2.75, 3.05) is 13.2 Å². The molecule has 44 heavy (non-hydrogen) atoms. The van der Waals surface area contributed by atoms with Crippen LogP contribution in [0.3, 0.4) is 0 Å². The van der Waals surface area contributed by atoms with Gasteiger partial charge < -0.3 is 29.2 Å². The molecule has 6 nitrogen and oxygen atoms in total. The highest BCUT2D eigenvalue weighted by molar-refractivity contribution is 5.23. The number of hydrogen-bond acceptors (Lipinski definition) is 6. The maximum Gasteiger partial charge on any atom is 0.111 e. The van der Waals surface area contributed by atoms with Gasteiger partial charge in [0, 0.05) is 0 Å². The number of hydrogen-bond donors (Lipinski definition) is 2. The van der Waals surface area contributed by atoms with Crippen LogP contribution in [0.4, 0.5) is 0 Å². The molecule has 4 aromatic carbocycles. The van der Waals surface area contributed by atoms with Crippen LogP contribution in [0.1, 0.15) is 44.5 Å². The minimum atomic E-state index is -1.29. The van der Waals surface area contributed by atoms with Gasteiger partial charge in [-0.25, -0.2) is 0 Å². The highest BCUT2D eigenvalue weighted by Crippen LogP contribution is 2.18. The van der Waals surface area contributed by atoms with Gasteiger partial charge in [0.1, 0.15) is 24.4 Å². The third-order valence-electron chi connectivity index (χ3n) is 7.62. The number of ether oxygens (including phenoxy) is 4. The summed E-state index contributed by atoms with van der Waals surface area (Å²) in [6, 6.07) is 32.3. The molecule has 4 aromatic rings. The molecule has 2 N–H and O–H groups in total. The second-order valence-electron chi connectivity index (χ2n) is 11.7. The normalized spacial score (nSPS) is 14.2. The third kappa shape index (κ3) is 11.0. The molecular weight excluding hydrogens is 552 g/mol. The summed E-state index contributed by atoms with van der Waals surface area (Å²) >= 11 is 0. The van der Waals surface area contributed by atoms with Crippen molar-refractivity contribution in [1.82, 2.24) is 0 Å². The number of aliphatic hydroxyl groups excluding tert-OH is 2. The Bertz CT molecular complexity index is 1260. The van der Waals surface area contributed by atoms with Gasteiger partial charge in [-0.3, -0.25) is 0 Å². The maximum absolute atomic E-state index is 11.5. The average Bonchev–Trinajstić information content (AvgIpc) is 3.03. The first-order chi connectivity index (χ1) is 21.3. The zero-order valence-corrected chi connectivity index (χ0v) is 26.3. The first-order valence-corrected chi connectivity index (χ1v) is 15.2. The van der Waals surface area contributed by atoms with E-state index in [0.29, 0.717) is 13.2 Å². The maximum atomic E-state index is 11.5. The SMILES string of the molecule is Cc1ccc(COC[C@@H](OCc2ccc(C)cc2)[C@@H](O)[C@H](O)[C@@H](COCc2ccc(C)cc2)OCc2ccc(C)cc2)cc1. The fourth-order valence-electron chi connectivity index (χ4n) is 4.66. The molecule has 234 valence electrons. The lowest BCUT2D eigenvalue weighted by Gasteiger charge is -2.32. The molecule has 0 heterocycles. The van der Waals surface area contributed by atoms with Crippen LogP contribution in [-0.2, 0) is 45.4 Å². The van der Waals surface area contributed by atoms with Crippen LogP contribution < -0.4 is 0 Å². The molecule has 0 saturated heterocycles. The number of benzene rings is 4. The van der Waals surface area contributed by atoms with E-state index in [1.54, 1.807) is 0 Å². The van der Waals surface area contributed by atoms with Crippen LogP contribution in [0.15, 0.2) is 97.1 Å². The molecule has 0 spiro atoms. The predicted molar refractivity (Wildman–Crippen MR) is 173 cm³/mol. The van der Waals surface area contributed by atoms with Crippen LogP contribution in [0.25, 0.3) is 0 Å². The van der Waals surface area contributed by atoms with Gasteiger partial charge in [-0.1, -0.05) is 119 Å². The molecule has 0 saturated carbocycles. The van der Waals surface area contributed by atoms with E-state index >= 15 is 0 Å². The highest BCUT2D eigenvalue weighted by atomic mass is 16.6. The Morgan fingerprint density at radius 2 is 0.659 bits per heavy atom. The lowest BCUT2D eigenvalue weighted by atomic mass is 10.0. The summed E-state index contributed by atoms with van der Waals surface area (Å²) in [5, 5.41) is 23.0. The topological polar surface area (TPSA) is 77.4 Å². The average molecular weight is 599 g/mol. The molecule has 0 aliphatic rings. The summed E-state index contributed by atoms with van der Waals surface area (Å²) in [6.07, 6.45) is -4.19. The second-order valence-corrected chi connectivity index (χ2v) is 11.7. The van der Waals surface area contributed by atoms with E-state index in [-0.39, 0.29) is 26.4 Å². The molecule has 0 unspecified atom stereocenters. The largest absolute Gasteiger partial charge is 0.388 e. The van der Waals surface area contributed by atoms with Gasteiger partial charge in [-0.2, -0.15) is 0 Å². The summed E-state index contributed by atoms with van der Waals surface area (Å²) in [5.41, 5.74) is 8.63. The zero-order valence-electron chi connectivity index (χ0n) is 26.3. The smallest absolute Gasteiger partial charge is 0.111 e. The molecule has 0 bridgehead atoms. The van der Waals surface area contributed by atoms with Crippen molar-refractivity contribution in [3.63, 3.8) is 0 Å². The summed E-state index contributed by atoms with van der Waals surface area (Å²) in [5.74, 6) is 0. The number of aliphatic hydroxyl groups is 2. The van der Waals surface area contributed by atoms with Gasteiger partial charge in [0.05, 0.1) is 39.6 Å². The fraction of sp³-hybridized carbons (Fsp3) is 0.368. The Morgan fingerprint density at radius 3 is 0.932 bits per heavy atom. The van der Waals surface area contributed by atoms with E-state index in [0.717, 1.165) is 33.4 Å². The Labute approximate surface area is 262 Å². The van der Waals surface area contributed by atoms with Gasteiger partial charge in [0.2, 0.25) is 0 Å². The molecule has 0 aliphatic carbocycles. The molecule has 0 aliphatic heterocycles. The van der Waals surface area contributed by atoms with Gasteiger partial charge in [-0.05, 0) is 49.9 Å². The first-order valence-electron chi connectivity index (χ1n) is 15.2. The van der Waals surface area contributed by atoms with Gasteiger partial charge in [0.25, 0.3) is 0 Å². The molecule has 4 atom stereocenters. The predicted octanol–water partition coefficient (Wildman–Crippen LogP) is 6.55. The highest BCUT2D eigenvalue weighted by Gasteiger charge is 2.34. The van der Waals surface area contributed by atoms with E-state index in [4.69, 9.17) is 18.9 Å². The van der Waals surface area contributed by atoms with Crippen molar-refractivity contribution in [1.29, 1.82) is 0 Å². The summed E-state index contributed by atoms with van der Waals surface area (Å²) < 4.78 is 24.4. The molecule has 0 fully saturated rings.